The molecular formula is C22H37NO2. The summed E-state index contributed by atoms with van der Waals surface area (Å²) in [6, 6.07) is 0.603. The van der Waals surface area contributed by atoms with Crippen molar-refractivity contribution in [2.45, 2.75) is 109 Å². The molecule has 142 valence electrons. The quantitative estimate of drug-likeness (QED) is 0.376. The number of nitrogens with zero attached hydrogens (tertiary/aromatic N) is 1. The van der Waals surface area contributed by atoms with Gasteiger partial charge in [-0.25, -0.2) is 4.79 Å². The minimum absolute atomic E-state index is 0.125. The number of amides is 1. The third-order valence-corrected chi connectivity index (χ3v) is 5.22. The van der Waals surface area contributed by atoms with Gasteiger partial charge >= 0.3 is 6.09 Å². The van der Waals surface area contributed by atoms with Crippen LogP contribution in [0.15, 0.2) is 24.3 Å². The number of fused-ring (bicyclic) bond motifs is 2. The second-order valence-corrected chi connectivity index (χ2v) is 8.66. The van der Waals surface area contributed by atoms with E-state index in [0.29, 0.717) is 6.04 Å². The first-order valence-corrected chi connectivity index (χ1v) is 10.2. The minimum atomic E-state index is -0.416. The Labute approximate surface area is 154 Å². The van der Waals surface area contributed by atoms with Gasteiger partial charge in [-0.15, -0.1) is 6.58 Å². The monoisotopic (exact) mass is 347 g/mol. The zero-order valence-corrected chi connectivity index (χ0v) is 16.6. The predicted molar refractivity (Wildman–Crippen MR) is 105 cm³/mol. The van der Waals surface area contributed by atoms with Crippen LogP contribution in [0.25, 0.3) is 0 Å². The molecule has 0 aromatic carbocycles. The Hall–Kier alpha value is -1.25. The van der Waals surface area contributed by atoms with E-state index in [2.05, 4.69) is 12.7 Å². The fraction of sp³-hybridized carbons (Fsp3) is 0.773. The van der Waals surface area contributed by atoms with E-state index in [1.54, 1.807) is 5.57 Å². The topological polar surface area (TPSA) is 29.5 Å². The molecule has 2 heterocycles. The van der Waals surface area contributed by atoms with Crippen molar-refractivity contribution in [2.75, 3.05) is 0 Å². The van der Waals surface area contributed by atoms with Crippen LogP contribution in [-0.4, -0.2) is 28.7 Å². The molecule has 2 aliphatic rings. The number of allylic oxidation sites excluding steroid dienone is 1. The lowest BCUT2D eigenvalue weighted by Gasteiger charge is -2.45. The lowest BCUT2D eigenvalue weighted by molar-refractivity contribution is -0.00159. The highest BCUT2D eigenvalue weighted by Crippen LogP contribution is 2.36. The molecule has 2 unspecified atom stereocenters. The first-order valence-electron chi connectivity index (χ1n) is 10.2. The molecule has 1 saturated heterocycles. The number of hydrogen-bond donors (Lipinski definition) is 0. The van der Waals surface area contributed by atoms with Gasteiger partial charge in [0.05, 0.1) is 6.04 Å². The van der Waals surface area contributed by atoms with Crippen LogP contribution in [0.5, 0.6) is 0 Å². The van der Waals surface area contributed by atoms with Crippen LogP contribution in [0.3, 0.4) is 0 Å². The standard InChI is InChI=1S/C22H37NO2/c1-5-6-7-8-9-10-11-13-18-16-19-14-12-15-20(17-18)23(19)21(24)25-22(2,3)4/h5,16,19-20H,1,6-15,17H2,2-4H3. The van der Waals surface area contributed by atoms with Crippen molar-refractivity contribution < 1.29 is 9.53 Å². The van der Waals surface area contributed by atoms with Crippen LogP contribution in [-0.2, 0) is 4.74 Å². The molecule has 2 bridgehead atoms. The van der Waals surface area contributed by atoms with Gasteiger partial charge in [0.25, 0.3) is 0 Å². The van der Waals surface area contributed by atoms with E-state index in [0.717, 1.165) is 25.7 Å². The number of hydrogen-bond acceptors (Lipinski definition) is 2. The fourth-order valence-electron chi connectivity index (χ4n) is 4.07. The van der Waals surface area contributed by atoms with Crippen LogP contribution in [0.2, 0.25) is 0 Å². The molecule has 3 nitrogen and oxygen atoms in total. The van der Waals surface area contributed by atoms with Crippen molar-refractivity contribution in [1.82, 2.24) is 4.90 Å². The molecule has 1 amide bonds. The smallest absolute Gasteiger partial charge is 0.411 e. The highest BCUT2D eigenvalue weighted by molar-refractivity contribution is 5.70. The van der Waals surface area contributed by atoms with E-state index < -0.39 is 5.60 Å². The lowest BCUT2D eigenvalue weighted by Crippen LogP contribution is -2.53. The summed E-state index contributed by atoms with van der Waals surface area (Å²) in [5, 5.41) is 0. The molecule has 1 fully saturated rings. The Kier molecular flexibility index (Phi) is 7.58. The van der Waals surface area contributed by atoms with Crippen molar-refractivity contribution in [3.05, 3.63) is 24.3 Å². The maximum Gasteiger partial charge on any atom is 0.411 e. The van der Waals surface area contributed by atoms with Gasteiger partial charge in [-0.2, -0.15) is 0 Å². The van der Waals surface area contributed by atoms with Crippen molar-refractivity contribution in [3.8, 4) is 0 Å². The first-order chi connectivity index (χ1) is 11.9. The second-order valence-electron chi connectivity index (χ2n) is 8.66. The third-order valence-electron chi connectivity index (χ3n) is 5.22. The second kappa shape index (κ2) is 9.45. The van der Waals surface area contributed by atoms with Gasteiger partial charge in [0.15, 0.2) is 0 Å². The van der Waals surface area contributed by atoms with Crippen molar-refractivity contribution >= 4 is 6.09 Å². The van der Waals surface area contributed by atoms with Crippen LogP contribution >= 0.6 is 0 Å². The Morgan fingerprint density at radius 1 is 1.24 bits per heavy atom. The van der Waals surface area contributed by atoms with E-state index in [4.69, 9.17) is 4.74 Å². The van der Waals surface area contributed by atoms with Crippen LogP contribution < -0.4 is 0 Å². The summed E-state index contributed by atoms with van der Waals surface area (Å²) in [7, 11) is 0. The number of rotatable bonds is 8. The molecule has 2 rings (SSSR count). The summed E-state index contributed by atoms with van der Waals surface area (Å²) in [6.45, 7) is 9.61. The van der Waals surface area contributed by atoms with Gasteiger partial charge in [-0.3, -0.25) is 4.90 Å². The fourth-order valence-corrected chi connectivity index (χ4v) is 4.07. The van der Waals surface area contributed by atoms with E-state index in [1.165, 1.54) is 44.9 Å². The minimum Gasteiger partial charge on any atom is -0.444 e. The Bertz CT molecular complexity index is 475. The van der Waals surface area contributed by atoms with Gasteiger partial charge in [-0.05, 0) is 72.1 Å². The molecule has 0 N–H and O–H groups in total. The Morgan fingerprint density at radius 3 is 2.64 bits per heavy atom. The van der Waals surface area contributed by atoms with Gasteiger partial charge in [0, 0.05) is 6.04 Å². The molecule has 0 aromatic rings. The summed E-state index contributed by atoms with van der Waals surface area (Å²) in [5.41, 5.74) is 1.15. The third kappa shape index (κ3) is 6.52. The number of piperidine rings is 1. The normalized spacial score (nSPS) is 23.2. The largest absolute Gasteiger partial charge is 0.444 e. The molecule has 2 aliphatic heterocycles. The molecule has 3 heteroatoms. The van der Waals surface area contributed by atoms with E-state index >= 15 is 0 Å². The van der Waals surface area contributed by atoms with Crippen LogP contribution in [0.4, 0.5) is 4.79 Å². The summed E-state index contributed by atoms with van der Waals surface area (Å²) in [6.07, 6.45) is 17.6. The van der Waals surface area contributed by atoms with Gasteiger partial charge < -0.3 is 4.74 Å². The summed E-state index contributed by atoms with van der Waals surface area (Å²) < 4.78 is 5.64. The highest BCUT2D eigenvalue weighted by atomic mass is 16.6. The predicted octanol–water partition coefficient (Wildman–Crippen LogP) is 6.39. The summed E-state index contributed by atoms with van der Waals surface area (Å²) in [5.74, 6) is 0. The average molecular weight is 348 g/mol. The molecule has 0 aliphatic carbocycles. The number of carbonyl (C=O) groups excluding carboxylic acids is 1. The van der Waals surface area contributed by atoms with E-state index in [9.17, 15) is 4.79 Å². The molecule has 2 atom stereocenters. The SMILES string of the molecule is C=CCCCCCCCC1=CC2CCCC(C1)N2C(=O)OC(C)(C)C. The molecule has 0 aromatic heterocycles. The maximum absolute atomic E-state index is 12.6. The number of unbranched alkanes of at least 4 members (excludes halogenated alkanes) is 5. The van der Waals surface area contributed by atoms with Crippen LogP contribution in [0, 0.1) is 0 Å². The zero-order valence-electron chi connectivity index (χ0n) is 16.6. The van der Waals surface area contributed by atoms with E-state index in [-0.39, 0.29) is 12.1 Å². The first kappa shape index (κ1) is 20.1. The highest BCUT2D eigenvalue weighted by Gasteiger charge is 2.38. The number of ether oxygens (including phenoxy) is 1. The summed E-state index contributed by atoms with van der Waals surface area (Å²) >= 11 is 0. The van der Waals surface area contributed by atoms with Crippen molar-refractivity contribution in [3.63, 3.8) is 0 Å². The molecule has 0 radical (unpaired) electrons. The molecular weight excluding hydrogens is 310 g/mol. The van der Waals surface area contributed by atoms with E-state index in [1.807, 2.05) is 31.7 Å². The zero-order chi connectivity index (χ0) is 18.3. The van der Waals surface area contributed by atoms with Crippen LogP contribution in [0.1, 0.15) is 91.4 Å². The Balaban J connectivity index is 1.82. The van der Waals surface area contributed by atoms with Gasteiger partial charge in [0.2, 0.25) is 0 Å². The summed E-state index contributed by atoms with van der Waals surface area (Å²) in [4.78, 5) is 14.6. The Morgan fingerprint density at radius 2 is 1.96 bits per heavy atom. The molecule has 25 heavy (non-hydrogen) atoms. The van der Waals surface area contributed by atoms with Gasteiger partial charge in [-0.1, -0.05) is 37.0 Å². The van der Waals surface area contributed by atoms with Crippen molar-refractivity contribution in [1.29, 1.82) is 0 Å². The lowest BCUT2D eigenvalue weighted by atomic mass is 9.84. The number of carbonyl (C=O) groups is 1. The molecule has 0 spiro atoms. The average Bonchev–Trinajstić information content (AvgIpc) is 2.51. The maximum atomic E-state index is 12.6. The van der Waals surface area contributed by atoms with Gasteiger partial charge in [0.1, 0.15) is 5.60 Å². The molecule has 0 saturated carbocycles. The van der Waals surface area contributed by atoms with Crippen molar-refractivity contribution in [2.24, 2.45) is 0 Å².